The lowest BCUT2D eigenvalue weighted by Gasteiger charge is -2.20. The fraction of sp³-hybridized carbons (Fsp3) is 0.348. The first kappa shape index (κ1) is 19.0. The zero-order valence-electron chi connectivity index (χ0n) is 16.2. The molecular weight excluding hydrogens is 306 g/mol. The fourth-order valence-electron chi connectivity index (χ4n) is 2.78. The summed E-state index contributed by atoms with van der Waals surface area (Å²) in [6, 6.07) is 16.7. The highest BCUT2D eigenvalue weighted by molar-refractivity contribution is 5.98. The van der Waals surface area contributed by atoms with E-state index in [1.807, 2.05) is 0 Å². The maximum absolute atomic E-state index is 11.6. The number of carbonyl (C=O) groups excluding carboxylic acids is 1. The van der Waals surface area contributed by atoms with Crippen LogP contribution in [0.25, 0.3) is 5.57 Å². The lowest BCUT2D eigenvalue weighted by Crippen LogP contribution is -2.11. The van der Waals surface area contributed by atoms with Gasteiger partial charge in [-0.3, -0.25) is 4.79 Å². The highest BCUT2D eigenvalue weighted by atomic mass is 16.1. The number of primary amides is 1. The van der Waals surface area contributed by atoms with Gasteiger partial charge in [0.15, 0.2) is 0 Å². The minimum absolute atomic E-state index is 0.0977. The predicted molar refractivity (Wildman–Crippen MR) is 107 cm³/mol. The van der Waals surface area contributed by atoms with Crippen molar-refractivity contribution in [1.82, 2.24) is 0 Å². The Kier molecular flexibility index (Phi) is 5.22. The Morgan fingerprint density at radius 1 is 0.720 bits per heavy atom. The number of nitrogens with two attached hydrogens (primary N) is 1. The average Bonchev–Trinajstić information content (AvgIpc) is 2.51. The summed E-state index contributed by atoms with van der Waals surface area (Å²) in [5, 5.41) is 0. The largest absolute Gasteiger partial charge is 0.366 e. The van der Waals surface area contributed by atoms with Crippen LogP contribution in [-0.4, -0.2) is 5.91 Å². The number of hydrogen-bond acceptors (Lipinski definition) is 1. The van der Waals surface area contributed by atoms with Gasteiger partial charge in [-0.15, -0.1) is 0 Å². The van der Waals surface area contributed by atoms with Crippen molar-refractivity contribution in [3.8, 4) is 0 Å². The van der Waals surface area contributed by atoms with E-state index < -0.39 is 5.91 Å². The first-order valence-corrected chi connectivity index (χ1v) is 8.71. The van der Waals surface area contributed by atoms with E-state index in [-0.39, 0.29) is 10.8 Å². The molecule has 0 atom stereocenters. The van der Waals surface area contributed by atoms with E-state index >= 15 is 0 Å². The smallest absolute Gasteiger partial charge is 0.242 e. The van der Waals surface area contributed by atoms with Crippen LogP contribution in [0.2, 0.25) is 0 Å². The first-order valence-electron chi connectivity index (χ1n) is 8.71. The van der Waals surface area contributed by atoms with Crippen LogP contribution in [0.4, 0.5) is 0 Å². The molecule has 0 unspecified atom stereocenters. The number of hydrogen-bond donors (Lipinski definition) is 1. The Labute approximate surface area is 151 Å². The third-order valence-electron chi connectivity index (χ3n) is 4.41. The van der Waals surface area contributed by atoms with Gasteiger partial charge < -0.3 is 5.73 Å². The Morgan fingerprint density at radius 3 is 1.28 bits per heavy atom. The highest BCUT2D eigenvalue weighted by Crippen LogP contribution is 2.29. The topological polar surface area (TPSA) is 43.1 Å². The Morgan fingerprint density at radius 2 is 1.04 bits per heavy atom. The van der Waals surface area contributed by atoms with Gasteiger partial charge in [-0.25, -0.2) is 0 Å². The van der Waals surface area contributed by atoms with Crippen LogP contribution in [0.5, 0.6) is 0 Å². The molecule has 0 fully saturated rings. The summed E-state index contributed by atoms with van der Waals surface area (Å²) in [4.78, 5) is 11.6. The van der Waals surface area contributed by atoms with Crippen LogP contribution in [0, 0.1) is 0 Å². The van der Waals surface area contributed by atoms with Gasteiger partial charge in [-0.1, -0.05) is 90.1 Å². The van der Waals surface area contributed by atoms with Gasteiger partial charge in [-0.05, 0) is 38.7 Å². The molecule has 0 saturated heterocycles. The molecule has 0 aliphatic rings. The van der Waals surface area contributed by atoms with Crippen molar-refractivity contribution in [2.45, 2.75) is 52.4 Å². The summed E-state index contributed by atoms with van der Waals surface area (Å²) >= 11 is 0. The SMILES string of the molecule is CC(C)(C)c1ccc(C(=CC(N)=O)c2ccc(C(C)(C)C)cc2)cc1. The van der Waals surface area contributed by atoms with Gasteiger partial charge in [0.05, 0.1) is 0 Å². The molecule has 2 N–H and O–H groups in total. The summed E-state index contributed by atoms with van der Waals surface area (Å²) in [6.45, 7) is 13.1. The highest BCUT2D eigenvalue weighted by Gasteiger charge is 2.16. The van der Waals surface area contributed by atoms with Crippen molar-refractivity contribution in [3.05, 3.63) is 76.9 Å². The number of rotatable bonds is 3. The number of benzene rings is 2. The van der Waals surface area contributed by atoms with E-state index in [1.54, 1.807) is 0 Å². The fourth-order valence-corrected chi connectivity index (χ4v) is 2.78. The third kappa shape index (κ3) is 4.82. The third-order valence-corrected chi connectivity index (χ3v) is 4.41. The van der Waals surface area contributed by atoms with Gasteiger partial charge >= 0.3 is 0 Å². The van der Waals surface area contributed by atoms with E-state index in [2.05, 4.69) is 90.1 Å². The molecule has 0 aliphatic heterocycles. The van der Waals surface area contributed by atoms with Crippen molar-refractivity contribution in [3.63, 3.8) is 0 Å². The van der Waals surface area contributed by atoms with E-state index in [4.69, 9.17) is 5.73 Å². The molecule has 2 aromatic rings. The molecule has 132 valence electrons. The van der Waals surface area contributed by atoms with Crippen LogP contribution < -0.4 is 5.73 Å². The molecule has 2 heteroatoms. The summed E-state index contributed by atoms with van der Waals surface area (Å²) in [7, 11) is 0. The predicted octanol–water partition coefficient (Wildman–Crippen LogP) is 5.20. The number of amides is 1. The summed E-state index contributed by atoms with van der Waals surface area (Å²) in [6.07, 6.45) is 1.51. The van der Waals surface area contributed by atoms with Gasteiger partial charge in [0, 0.05) is 6.08 Å². The molecule has 2 aromatic carbocycles. The van der Waals surface area contributed by atoms with Crippen LogP contribution in [0.15, 0.2) is 54.6 Å². The molecule has 0 saturated carbocycles. The van der Waals surface area contributed by atoms with Crippen molar-refractivity contribution in [2.75, 3.05) is 0 Å². The molecule has 2 rings (SSSR count). The lowest BCUT2D eigenvalue weighted by atomic mass is 9.84. The minimum Gasteiger partial charge on any atom is -0.366 e. The second-order valence-corrected chi connectivity index (χ2v) is 8.62. The van der Waals surface area contributed by atoms with Crippen LogP contribution in [0.3, 0.4) is 0 Å². The molecule has 0 heterocycles. The minimum atomic E-state index is -0.435. The standard InChI is InChI=1S/C23H29NO/c1-22(2,3)18-11-7-16(8-12-18)20(15-21(24)25)17-9-13-19(14-10-17)23(4,5)6/h7-15H,1-6H3,(H2,24,25). The molecule has 0 spiro atoms. The zero-order valence-corrected chi connectivity index (χ0v) is 16.2. The number of carbonyl (C=O) groups is 1. The summed E-state index contributed by atoms with van der Waals surface area (Å²) in [5.41, 5.74) is 11.0. The molecule has 25 heavy (non-hydrogen) atoms. The molecule has 0 aromatic heterocycles. The van der Waals surface area contributed by atoms with Crippen molar-refractivity contribution in [1.29, 1.82) is 0 Å². The normalized spacial score (nSPS) is 11.9. The van der Waals surface area contributed by atoms with E-state index in [1.165, 1.54) is 17.2 Å². The Balaban J connectivity index is 2.46. The monoisotopic (exact) mass is 335 g/mol. The van der Waals surface area contributed by atoms with Gasteiger partial charge in [0.2, 0.25) is 5.91 Å². The second kappa shape index (κ2) is 6.87. The van der Waals surface area contributed by atoms with Gasteiger partial charge in [0.1, 0.15) is 0 Å². The molecule has 0 aliphatic carbocycles. The van der Waals surface area contributed by atoms with Crippen LogP contribution in [0.1, 0.15) is 63.8 Å². The summed E-state index contributed by atoms with van der Waals surface area (Å²) < 4.78 is 0. The van der Waals surface area contributed by atoms with Gasteiger partial charge in [0.25, 0.3) is 0 Å². The van der Waals surface area contributed by atoms with Crippen molar-refractivity contribution >= 4 is 11.5 Å². The maximum atomic E-state index is 11.6. The van der Waals surface area contributed by atoms with E-state index in [0.29, 0.717) is 0 Å². The molecular formula is C23H29NO. The second-order valence-electron chi connectivity index (χ2n) is 8.62. The van der Waals surface area contributed by atoms with Crippen LogP contribution in [-0.2, 0) is 15.6 Å². The summed E-state index contributed by atoms with van der Waals surface area (Å²) in [5.74, 6) is -0.435. The molecule has 1 amide bonds. The quantitative estimate of drug-likeness (QED) is 0.770. The van der Waals surface area contributed by atoms with E-state index in [0.717, 1.165) is 16.7 Å². The Bertz CT molecular complexity index is 707. The average molecular weight is 335 g/mol. The first-order chi connectivity index (χ1) is 11.5. The van der Waals surface area contributed by atoms with Crippen LogP contribution >= 0.6 is 0 Å². The van der Waals surface area contributed by atoms with Gasteiger partial charge in [-0.2, -0.15) is 0 Å². The molecule has 0 bridgehead atoms. The zero-order chi connectivity index (χ0) is 18.8. The molecule has 2 nitrogen and oxygen atoms in total. The lowest BCUT2D eigenvalue weighted by molar-refractivity contribution is -0.113. The van der Waals surface area contributed by atoms with Crippen molar-refractivity contribution < 1.29 is 4.79 Å². The van der Waals surface area contributed by atoms with Crippen molar-refractivity contribution in [2.24, 2.45) is 5.73 Å². The Hall–Kier alpha value is -2.35. The van der Waals surface area contributed by atoms with E-state index in [9.17, 15) is 4.79 Å². The molecule has 0 radical (unpaired) electrons. The maximum Gasteiger partial charge on any atom is 0.242 e.